The molecule has 0 aromatic rings. The third-order valence-corrected chi connectivity index (χ3v) is 6.25. The van der Waals surface area contributed by atoms with Crippen LogP contribution in [-0.4, -0.2) is 10.1 Å². The standard InChI is InChI=1S/C10H15BrO/c1-8(2)9(3)4-5-10(8,11)6-7(9)12/h4-6H2,1-3H3. The van der Waals surface area contributed by atoms with Gasteiger partial charge in [0.25, 0.3) is 0 Å². The summed E-state index contributed by atoms with van der Waals surface area (Å²) in [5.74, 6) is 0.454. The molecule has 0 N–H and O–H groups in total. The number of alkyl halides is 1. The van der Waals surface area contributed by atoms with Gasteiger partial charge in [0.15, 0.2) is 0 Å². The van der Waals surface area contributed by atoms with E-state index < -0.39 is 0 Å². The number of carbonyl (C=O) groups is 1. The summed E-state index contributed by atoms with van der Waals surface area (Å²) in [7, 11) is 0. The van der Waals surface area contributed by atoms with Crippen LogP contribution in [0.2, 0.25) is 0 Å². The highest BCUT2D eigenvalue weighted by atomic mass is 79.9. The molecule has 0 spiro atoms. The summed E-state index contributed by atoms with van der Waals surface area (Å²) in [5, 5.41) is 0. The number of fused-ring (bicyclic) bond motifs is 2. The quantitative estimate of drug-likeness (QED) is 0.586. The Bertz CT molecular complexity index is 259. The van der Waals surface area contributed by atoms with Crippen molar-refractivity contribution in [1.82, 2.24) is 0 Å². The van der Waals surface area contributed by atoms with Gasteiger partial charge in [-0.25, -0.2) is 0 Å². The van der Waals surface area contributed by atoms with Gasteiger partial charge in [0.2, 0.25) is 0 Å². The van der Waals surface area contributed by atoms with Crippen molar-refractivity contribution in [2.45, 2.75) is 44.4 Å². The predicted molar refractivity (Wildman–Crippen MR) is 52.4 cm³/mol. The Balaban J connectivity index is 2.56. The van der Waals surface area contributed by atoms with Gasteiger partial charge >= 0.3 is 0 Å². The van der Waals surface area contributed by atoms with Crippen LogP contribution in [0.25, 0.3) is 0 Å². The van der Waals surface area contributed by atoms with E-state index >= 15 is 0 Å². The summed E-state index contributed by atoms with van der Waals surface area (Å²) in [6.07, 6.45) is 2.95. The Hall–Kier alpha value is 0.150. The average Bonchev–Trinajstić information content (AvgIpc) is 2.18. The zero-order valence-electron chi connectivity index (χ0n) is 7.91. The maximum absolute atomic E-state index is 11.7. The fraction of sp³-hybridized carbons (Fsp3) is 0.900. The van der Waals surface area contributed by atoms with Gasteiger partial charge in [-0.1, -0.05) is 36.7 Å². The molecule has 0 radical (unpaired) electrons. The molecular weight excluding hydrogens is 216 g/mol. The lowest BCUT2D eigenvalue weighted by Crippen LogP contribution is -2.35. The Morgan fingerprint density at radius 3 is 2.00 bits per heavy atom. The second kappa shape index (κ2) is 1.97. The van der Waals surface area contributed by atoms with E-state index in [1.807, 2.05) is 0 Å². The maximum Gasteiger partial charge on any atom is 0.140 e. The van der Waals surface area contributed by atoms with Crippen LogP contribution in [0.3, 0.4) is 0 Å². The van der Waals surface area contributed by atoms with Gasteiger partial charge in [-0.15, -0.1) is 0 Å². The van der Waals surface area contributed by atoms with Gasteiger partial charge in [-0.2, -0.15) is 0 Å². The van der Waals surface area contributed by atoms with Gasteiger partial charge in [0.1, 0.15) is 5.78 Å². The molecular formula is C10H15BrO. The van der Waals surface area contributed by atoms with E-state index in [0.29, 0.717) is 5.78 Å². The molecule has 2 saturated carbocycles. The normalized spacial score (nSPS) is 50.2. The van der Waals surface area contributed by atoms with Crippen molar-refractivity contribution >= 4 is 21.7 Å². The highest BCUT2D eigenvalue weighted by molar-refractivity contribution is 9.10. The zero-order valence-corrected chi connectivity index (χ0v) is 9.49. The van der Waals surface area contributed by atoms with Crippen LogP contribution in [0.5, 0.6) is 0 Å². The van der Waals surface area contributed by atoms with Gasteiger partial charge in [-0.3, -0.25) is 4.79 Å². The minimum atomic E-state index is -0.0590. The van der Waals surface area contributed by atoms with Crippen molar-refractivity contribution in [2.75, 3.05) is 0 Å². The number of hydrogen-bond donors (Lipinski definition) is 0. The first kappa shape index (κ1) is 8.74. The Labute approximate surface area is 82.0 Å². The van der Waals surface area contributed by atoms with E-state index in [1.165, 1.54) is 0 Å². The van der Waals surface area contributed by atoms with Crippen molar-refractivity contribution < 1.29 is 4.79 Å². The van der Waals surface area contributed by atoms with Crippen LogP contribution in [0, 0.1) is 10.8 Å². The summed E-state index contributed by atoms with van der Waals surface area (Å²) in [6, 6.07) is 0. The van der Waals surface area contributed by atoms with Crippen LogP contribution < -0.4 is 0 Å². The third kappa shape index (κ3) is 0.650. The number of halogens is 1. The van der Waals surface area contributed by atoms with Crippen molar-refractivity contribution in [1.29, 1.82) is 0 Å². The fourth-order valence-corrected chi connectivity index (χ4v) is 3.70. The molecule has 2 rings (SSSR count). The molecule has 2 fully saturated rings. The molecule has 2 bridgehead atoms. The van der Waals surface area contributed by atoms with Crippen molar-refractivity contribution in [3.05, 3.63) is 0 Å². The molecule has 2 aliphatic carbocycles. The average molecular weight is 231 g/mol. The molecule has 1 nitrogen and oxygen atoms in total. The molecule has 68 valence electrons. The SMILES string of the molecule is CC12CCC(Br)(CC1=O)C2(C)C. The van der Waals surface area contributed by atoms with Gasteiger partial charge < -0.3 is 0 Å². The molecule has 12 heavy (non-hydrogen) atoms. The van der Waals surface area contributed by atoms with Crippen LogP contribution >= 0.6 is 15.9 Å². The van der Waals surface area contributed by atoms with E-state index in [0.717, 1.165) is 19.3 Å². The van der Waals surface area contributed by atoms with Gasteiger partial charge in [-0.05, 0) is 18.3 Å². The smallest absolute Gasteiger partial charge is 0.140 e. The van der Waals surface area contributed by atoms with Crippen LogP contribution in [0.15, 0.2) is 0 Å². The van der Waals surface area contributed by atoms with Gasteiger partial charge in [0, 0.05) is 16.2 Å². The lowest BCUT2D eigenvalue weighted by Gasteiger charge is -2.36. The highest BCUT2D eigenvalue weighted by Gasteiger charge is 2.68. The number of Topliss-reactive ketones (excluding diaryl/α,β-unsaturated/α-hetero) is 1. The molecule has 0 aliphatic heterocycles. The Kier molecular flexibility index (Phi) is 1.43. The lowest BCUT2D eigenvalue weighted by molar-refractivity contribution is -0.128. The summed E-state index contributed by atoms with van der Waals surface area (Å²) < 4.78 is 0.103. The second-order valence-corrected chi connectivity index (χ2v) is 6.54. The molecule has 0 aromatic heterocycles. The molecule has 2 heteroatoms. The highest BCUT2D eigenvalue weighted by Crippen LogP contribution is 2.69. The maximum atomic E-state index is 11.7. The van der Waals surface area contributed by atoms with Crippen LogP contribution in [0.1, 0.15) is 40.0 Å². The number of carbonyl (C=O) groups excluding carboxylic acids is 1. The number of ketones is 1. The predicted octanol–water partition coefficient (Wildman–Crippen LogP) is 2.92. The molecule has 0 aromatic carbocycles. The summed E-state index contributed by atoms with van der Waals surface area (Å²) in [4.78, 5) is 11.7. The molecule has 0 amide bonds. The van der Waals surface area contributed by atoms with Gasteiger partial charge in [0.05, 0.1) is 0 Å². The number of hydrogen-bond acceptors (Lipinski definition) is 1. The third-order valence-electron chi connectivity index (χ3n) is 4.58. The lowest BCUT2D eigenvalue weighted by atomic mass is 9.70. The first-order chi connectivity index (χ1) is 5.33. The molecule has 2 unspecified atom stereocenters. The minimum Gasteiger partial charge on any atom is -0.299 e. The Morgan fingerprint density at radius 2 is 1.83 bits per heavy atom. The van der Waals surface area contributed by atoms with E-state index in [4.69, 9.17) is 0 Å². The first-order valence-electron chi connectivity index (χ1n) is 4.56. The zero-order chi connectivity index (χ0) is 9.20. The largest absolute Gasteiger partial charge is 0.299 e. The first-order valence-corrected chi connectivity index (χ1v) is 5.35. The fourth-order valence-electron chi connectivity index (χ4n) is 2.81. The summed E-state index contributed by atoms with van der Waals surface area (Å²) in [5.41, 5.74) is 0.0770. The Morgan fingerprint density at radius 1 is 1.25 bits per heavy atom. The monoisotopic (exact) mass is 230 g/mol. The van der Waals surface area contributed by atoms with Crippen molar-refractivity contribution in [3.63, 3.8) is 0 Å². The molecule has 0 heterocycles. The molecule has 0 saturated heterocycles. The second-order valence-electron chi connectivity index (χ2n) is 5.02. The van der Waals surface area contributed by atoms with Crippen molar-refractivity contribution in [2.24, 2.45) is 10.8 Å². The molecule has 2 aliphatic rings. The topological polar surface area (TPSA) is 17.1 Å². The number of rotatable bonds is 0. The summed E-state index contributed by atoms with van der Waals surface area (Å²) >= 11 is 3.76. The van der Waals surface area contributed by atoms with Crippen molar-refractivity contribution in [3.8, 4) is 0 Å². The summed E-state index contributed by atoms with van der Waals surface area (Å²) in [6.45, 7) is 6.57. The van der Waals surface area contributed by atoms with E-state index in [-0.39, 0.29) is 15.2 Å². The van der Waals surface area contributed by atoms with E-state index in [2.05, 4.69) is 36.7 Å². The van der Waals surface area contributed by atoms with E-state index in [1.54, 1.807) is 0 Å². The minimum absolute atomic E-state index is 0.0590. The molecule has 2 atom stereocenters. The van der Waals surface area contributed by atoms with Crippen LogP contribution in [-0.2, 0) is 4.79 Å². The van der Waals surface area contributed by atoms with Crippen LogP contribution in [0.4, 0.5) is 0 Å². The van der Waals surface area contributed by atoms with E-state index in [9.17, 15) is 4.79 Å².